The first-order valence-corrected chi connectivity index (χ1v) is 17.8. The summed E-state index contributed by atoms with van der Waals surface area (Å²) in [4.78, 5) is 15.1. The second-order valence-electron chi connectivity index (χ2n) is 14.0. The van der Waals surface area contributed by atoms with Crippen molar-refractivity contribution in [2.24, 2.45) is 0 Å². The van der Waals surface area contributed by atoms with Gasteiger partial charge in [0, 0.05) is 41.9 Å². The van der Waals surface area contributed by atoms with Crippen LogP contribution >= 0.6 is 11.6 Å². The van der Waals surface area contributed by atoms with Crippen LogP contribution in [0.2, 0.25) is 5.15 Å². The number of pyridine rings is 2. The number of rotatable bonds is 6. The Morgan fingerprint density at radius 1 is 0.594 bits per heavy atom. The topological polar surface area (TPSA) is 149 Å². The number of halogens is 13. The molecule has 7 rings (SSSR count). The lowest BCUT2D eigenvalue weighted by atomic mass is 9.80. The molecule has 0 saturated carbocycles. The summed E-state index contributed by atoms with van der Waals surface area (Å²) in [6.45, 7) is 9.44. The fraction of sp³-hybridized carbons (Fsp3) is 0.444. The third-order valence-corrected chi connectivity index (χ3v) is 9.09. The summed E-state index contributed by atoms with van der Waals surface area (Å²) in [5, 5.41) is 12.7. The van der Waals surface area contributed by atoms with E-state index in [1.807, 2.05) is 27.7 Å². The summed E-state index contributed by atoms with van der Waals surface area (Å²) in [7, 11) is -0.605. The minimum atomic E-state index is -4.71. The smallest absolute Gasteiger partial charge is 0.465 e. The van der Waals surface area contributed by atoms with Crippen molar-refractivity contribution in [2.45, 2.75) is 105 Å². The Kier molecular flexibility index (Phi) is 15.9. The summed E-state index contributed by atoms with van der Waals surface area (Å²) in [5.74, 6) is -2.70. The molecule has 1 fully saturated rings. The van der Waals surface area contributed by atoms with Gasteiger partial charge in [0.05, 0.1) is 29.3 Å². The molecule has 0 bridgehead atoms. The van der Waals surface area contributed by atoms with Gasteiger partial charge in [-0.25, -0.2) is 15.0 Å². The number of alkyl halides is 12. The molecule has 350 valence electrons. The molecule has 2 atom stereocenters. The fourth-order valence-electron chi connectivity index (χ4n) is 4.79. The molecule has 0 spiro atoms. The second-order valence-corrected chi connectivity index (χ2v) is 14.4. The van der Waals surface area contributed by atoms with Gasteiger partial charge < -0.3 is 18.8 Å². The number of hydrogen-bond acceptors (Lipinski definition) is 12. The van der Waals surface area contributed by atoms with Crippen molar-refractivity contribution >= 4 is 35.5 Å². The Morgan fingerprint density at radius 2 is 1.03 bits per heavy atom. The number of aromatic nitrogens is 10. The maximum absolute atomic E-state index is 12.9. The van der Waals surface area contributed by atoms with Crippen LogP contribution in [-0.2, 0) is 21.7 Å². The van der Waals surface area contributed by atoms with Gasteiger partial charge in [-0.15, -0.1) is 20.4 Å². The fourth-order valence-corrected chi connectivity index (χ4v) is 4.94. The van der Waals surface area contributed by atoms with Crippen LogP contribution < -0.4 is 14.9 Å². The molecule has 0 unspecified atom stereocenters. The average Bonchev–Trinajstić information content (AvgIpc) is 3.84. The van der Waals surface area contributed by atoms with E-state index < -0.39 is 66.9 Å². The molecule has 0 amide bonds. The maximum Gasteiger partial charge on any atom is 0.496 e. The molecule has 1 saturated heterocycles. The van der Waals surface area contributed by atoms with E-state index in [0.717, 1.165) is 53.6 Å². The van der Waals surface area contributed by atoms with Crippen molar-refractivity contribution in [1.29, 1.82) is 0 Å². The summed E-state index contributed by atoms with van der Waals surface area (Å²) in [6.07, 6.45) is -15.4. The molecule has 28 heteroatoms. The minimum absolute atomic E-state index is 0. The molecular formula is C36H38BClF12N10O4. The maximum atomic E-state index is 12.9. The zero-order valence-corrected chi connectivity index (χ0v) is 33.3. The molecule has 0 radical (unpaired) electrons. The lowest BCUT2D eigenvalue weighted by Crippen LogP contribution is -2.41. The Morgan fingerprint density at radius 3 is 1.44 bits per heavy atom. The van der Waals surface area contributed by atoms with Crippen LogP contribution in [0.3, 0.4) is 0 Å². The monoisotopic (exact) mass is 948 g/mol. The van der Waals surface area contributed by atoms with E-state index in [1.165, 1.54) is 24.4 Å². The Hall–Kier alpha value is -5.57. The molecular weight excluding hydrogens is 911 g/mol. The number of nitrogens with zero attached hydrogens (tertiary/aromatic N) is 10. The normalized spacial score (nSPS) is 15.8. The van der Waals surface area contributed by atoms with Crippen molar-refractivity contribution in [3.8, 4) is 23.0 Å². The van der Waals surface area contributed by atoms with E-state index >= 15 is 0 Å². The van der Waals surface area contributed by atoms with Gasteiger partial charge in [-0.3, -0.25) is 13.8 Å². The van der Waals surface area contributed by atoms with Crippen LogP contribution in [0.15, 0.2) is 61.4 Å². The van der Waals surface area contributed by atoms with E-state index in [-0.39, 0.29) is 54.3 Å². The van der Waals surface area contributed by atoms with E-state index in [4.69, 9.17) is 25.6 Å². The quantitative estimate of drug-likeness (QED) is 0.116. The van der Waals surface area contributed by atoms with Crippen LogP contribution in [0, 0.1) is 0 Å². The highest BCUT2D eigenvalue weighted by molar-refractivity contribution is 6.62. The first-order valence-electron chi connectivity index (χ1n) is 17.4. The van der Waals surface area contributed by atoms with Crippen molar-refractivity contribution < 1.29 is 71.5 Å². The van der Waals surface area contributed by atoms with Crippen LogP contribution in [0.4, 0.5) is 52.7 Å². The molecule has 14 nitrogen and oxygen atoms in total. The van der Waals surface area contributed by atoms with Crippen LogP contribution in [0.5, 0.6) is 11.8 Å². The highest BCUT2D eigenvalue weighted by Crippen LogP contribution is 2.37. The van der Waals surface area contributed by atoms with Crippen LogP contribution in [-0.4, -0.2) is 92.0 Å². The molecule has 0 aliphatic carbocycles. The van der Waals surface area contributed by atoms with Crippen molar-refractivity contribution in [3.63, 3.8) is 0 Å². The SMILES string of the molecule is C.C.C[C@H](Oc1ccc(-c2cn3c(C(F)(F)F)nnc3cn2)cn1)C(F)(F)F.C[C@H](Oc1ccc(B2OC(C)(C)C(C)(C)O2)cn1)C(F)(F)F.FC(F)(F)c1nnc2cnc(Cl)cn12. The number of fused-ring (bicyclic) bond motifs is 2. The third kappa shape index (κ3) is 12.6. The van der Waals surface area contributed by atoms with E-state index in [0.29, 0.717) is 5.46 Å². The molecule has 1 aliphatic rings. The van der Waals surface area contributed by atoms with Crippen molar-refractivity contribution in [2.75, 3.05) is 0 Å². The summed E-state index contributed by atoms with van der Waals surface area (Å²) in [5.41, 5.74) is -0.0678. The van der Waals surface area contributed by atoms with Gasteiger partial charge in [-0.05, 0) is 53.7 Å². The summed E-state index contributed by atoms with van der Waals surface area (Å²) >= 11 is 5.44. The van der Waals surface area contributed by atoms with Gasteiger partial charge in [0.1, 0.15) is 5.15 Å². The van der Waals surface area contributed by atoms with Crippen LogP contribution in [0.1, 0.15) is 68.0 Å². The first kappa shape index (κ1) is 52.8. The van der Waals surface area contributed by atoms with Crippen molar-refractivity contribution in [1.82, 2.24) is 49.1 Å². The molecule has 7 heterocycles. The molecule has 64 heavy (non-hydrogen) atoms. The van der Waals surface area contributed by atoms with E-state index in [1.54, 1.807) is 6.07 Å². The van der Waals surface area contributed by atoms with E-state index in [9.17, 15) is 52.7 Å². The molecule has 0 N–H and O–H groups in total. The van der Waals surface area contributed by atoms with Gasteiger partial charge in [0.15, 0.2) is 23.5 Å². The van der Waals surface area contributed by atoms with Gasteiger partial charge in [0.2, 0.25) is 23.4 Å². The van der Waals surface area contributed by atoms with Gasteiger partial charge >= 0.3 is 31.8 Å². The Balaban J connectivity index is 0.000000261. The predicted molar refractivity (Wildman–Crippen MR) is 206 cm³/mol. The van der Waals surface area contributed by atoms with Gasteiger partial charge in [-0.1, -0.05) is 32.5 Å². The van der Waals surface area contributed by atoms with Crippen molar-refractivity contribution in [3.05, 3.63) is 78.2 Å². The number of ether oxygens (including phenoxy) is 2. The Bertz CT molecular complexity index is 2450. The van der Waals surface area contributed by atoms with Gasteiger partial charge in [0.25, 0.3) is 0 Å². The zero-order valence-electron chi connectivity index (χ0n) is 32.5. The Labute approximate surface area is 361 Å². The highest BCUT2D eigenvalue weighted by atomic mass is 35.5. The lowest BCUT2D eigenvalue weighted by molar-refractivity contribution is -0.190. The highest BCUT2D eigenvalue weighted by Gasteiger charge is 2.52. The second kappa shape index (κ2) is 19.3. The largest absolute Gasteiger partial charge is 0.496 e. The first-order chi connectivity index (χ1) is 28.5. The van der Waals surface area contributed by atoms with Crippen LogP contribution in [0.25, 0.3) is 22.6 Å². The standard InChI is InChI=1S/C14H19BF3NO3.C14H9F6N5O.C6H2ClF3N4.2CH4/c1-9(14(16,17)18)20-11-7-6-10(8-19-11)15-21-12(2,3)13(4,5)22-15;1-7(13(15,16)17)26-11-3-2-8(4-22-11)9-6-25-10(5-21-9)23-24-12(25)14(18,19)20;7-3-2-14-4(1-11-3)12-13-5(14)6(8,9)10;;/h6-9H,1-5H3;2-7H,1H3;1-2H;2*1H4/t9-;7-;;;/m00.../s1. The molecule has 1 aliphatic heterocycles. The predicted octanol–water partition coefficient (Wildman–Crippen LogP) is 9.31. The minimum Gasteiger partial charge on any atom is -0.465 e. The number of hydrogen-bond donors (Lipinski definition) is 0. The molecule has 0 aromatic carbocycles. The molecule has 6 aromatic heterocycles. The third-order valence-electron chi connectivity index (χ3n) is 8.89. The summed E-state index contributed by atoms with van der Waals surface area (Å²) in [6, 6.07) is 5.47. The molecule has 6 aromatic rings. The van der Waals surface area contributed by atoms with E-state index in [2.05, 4.69) is 45.1 Å². The average molecular weight is 949 g/mol. The summed E-state index contributed by atoms with van der Waals surface area (Å²) < 4.78 is 173. The lowest BCUT2D eigenvalue weighted by Gasteiger charge is -2.32. The zero-order chi connectivity index (χ0) is 46.2. The van der Waals surface area contributed by atoms with Gasteiger partial charge in [-0.2, -0.15) is 52.7 Å².